The molecule has 4 heterocycles. The van der Waals surface area contributed by atoms with Gasteiger partial charge in [-0.15, -0.1) is 10.2 Å². The van der Waals surface area contributed by atoms with Gasteiger partial charge in [0.25, 0.3) is 5.91 Å². The number of amides is 1. The molecule has 1 unspecified atom stereocenters. The van der Waals surface area contributed by atoms with Gasteiger partial charge in [0, 0.05) is 37.0 Å². The number of fused-ring (bicyclic) bond motifs is 1. The van der Waals surface area contributed by atoms with Crippen molar-refractivity contribution < 1.29 is 9.21 Å². The predicted octanol–water partition coefficient (Wildman–Crippen LogP) is 2.68. The Morgan fingerprint density at radius 2 is 2.04 bits per heavy atom. The summed E-state index contributed by atoms with van der Waals surface area (Å²) in [7, 11) is 0. The SMILES string of the molecule is Cc1cc(C(=O)NC2CCc3nnc(-c4ccncc4)n3CC2)c(C)o1. The normalized spacial score (nSPS) is 16.8. The molecule has 7 nitrogen and oxygen atoms in total. The number of aryl methyl sites for hydroxylation is 3. The second kappa shape index (κ2) is 6.74. The van der Waals surface area contributed by atoms with E-state index in [4.69, 9.17) is 4.42 Å². The minimum atomic E-state index is -0.0728. The van der Waals surface area contributed by atoms with Crippen LogP contribution in [0.5, 0.6) is 0 Å². The van der Waals surface area contributed by atoms with Gasteiger partial charge in [0.05, 0.1) is 5.56 Å². The molecule has 3 aromatic rings. The van der Waals surface area contributed by atoms with Crippen molar-refractivity contribution in [1.82, 2.24) is 25.1 Å². The van der Waals surface area contributed by atoms with E-state index >= 15 is 0 Å². The van der Waals surface area contributed by atoms with Crippen LogP contribution >= 0.6 is 0 Å². The molecular weight excluding hydrogens is 330 g/mol. The lowest BCUT2D eigenvalue weighted by Crippen LogP contribution is -2.35. The minimum absolute atomic E-state index is 0.0728. The van der Waals surface area contributed by atoms with Crippen LogP contribution in [-0.2, 0) is 13.0 Å². The zero-order valence-electron chi connectivity index (χ0n) is 14.9. The first kappa shape index (κ1) is 16.5. The molecule has 0 aliphatic carbocycles. The molecule has 1 aliphatic heterocycles. The van der Waals surface area contributed by atoms with Gasteiger partial charge in [-0.25, -0.2) is 0 Å². The molecule has 0 bridgehead atoms. The molecule has 7 heteroatoms. The zero-order valence-corrected chi connectivity index (χ0v) is 14.9. The smallest absolute Gasteiger partial charge is 0.255 e. The molecule has 0 radical (unpaired) electrons. The maximum Gasteiger partial charge on any atom is 0.255 e. The molecule has 4 rings (SSSR count). The number of nitrogens with one attached hydrogen (secondary N) is 1. The summed E-state index contributed by atoms with van der Waals surface area (Å²) in [5.74, 6) is 3.16. The molecule has 0 saturated carbocycles. The zero-order chi connectivity index (χ0) is 18.1. The molecule has 1 aliphatic rings. The standard InChI is InChI=1S/C19H21N5O2/c1-12-11-16(13(2)26-12)19(25)21-15-3-4-17-22-23-18(24(17)10-7-15)14-5-8-20-9-6-14/h5-6,8-9,11,15H,3-4,7,10H2,1-2H3,(H,21,25). The Hall–Kier alpha value is -2.96. The van der Waals surface area contributed by atoms with Gasteiger partial charge in [0.1, 0.15) is 17.3 Å². The Balaban J connectivity index is 1.48. The Bertz CT molecular complexity index is 929. The molecule has 134 valence electrons. The topological polar surface area (TPSA) is 85.8 Å². The van der Waals surface area contributed by atoms with Crippen LogP contribution in [0.25, 0.3) is 11.4 Å². The van der Waals surface area contributed by atoms with E-state index in [9.17, 15) is 4.79 Å². The highest BCUT2D eigenvalue weighted by molar-refractivity contribution is 5.95. The van der Waals surface area contributed by atoms with Crippen LogP contribution in [0.15, 0.2) is 35.0 Å². The summed E-state index contributed by atoms with van der Waals surface area (Å²) in [4.78, 5) is 16.6. The quantitative estimate of drug-likeness (QED) is 0.784. The second-order valence-corrected chi connectivity index (χ2v) is 6.65. The maximum atomic E-state index is 12.5. The number of hydrogen-bond donors (Lipinski definition) is 1. The van der Waals surface area contributed by atoms with Crippen LogP contribution in [0.2, 0.25) is 0 Å². The molecule has 3 aromatic heterocycles. The van der Waals surface area contributed by atoms with Gasteiger partial charge in [-0.05, 0) is 44.9 Å². The average molecular weight is 351 g/mol. The summed E-state index contributed by atoms with van der Waals surface area (Å²) in [6.45, 7) is 4.44. The average Bonchev–Trinajstić information content (AvgIpc) is 3.14. The van der Waals surface area contributed by atoms with Crippen molar-refractivity contribution in [2.45, 2.75) is 45.7 Å². The number of rotatable bonds is 3. The summed E-state index contributed by atoms with van der Waals surface area (Å²) in [6.07, 6.45) is 5.98. The second-order valence-electron chi connectivity index (χ2n) is 6.65. The molecule has 1 N–H and O–H groups in total. The van der Waals surface area contributed by atoms with Gasteiger partial charge in [0.15, 0.2) is 5.82 Å². The van der Waals surface area contributed by atoms with Crippen molar-refractivity contribution in [2.24, 2.45) is 0 Å². The van der Waals surface area contributed by atoms with Crippen LogP contribution in [0, 0.1) is 13.8 Å². The molecule has 0 saturated heterocycles. The molecule has 1 atom stereocenters. The van der Waals surface area contributed by atoms with E-state index in [1.807, 2.05) is 26.0 Å². The Kier molecular flexibility index (Phi) is 4.28. The Morgan fingerprint density at radius 1 is 1.23 bits per heavy atom. The van der Waals surface area contributed by atoms with Gasteiger partial charge >= 0.3 is 0 Å². The first-order chi connectivity index (χ1) is 12.6. The van der Waals surface area contributed by atoms with Crippen molar-refractivity contribution in [3.05, 3.63) is 53.5 Å². The number of furan rings is 1. The third kappa shape index (κ3) is 3.12. The van der Waals surface area contributed by atoms with E-state index in [1.165, 1.54) is 0 Å². The number of nitrogens with zero attached hydrogens (tertiary/aromatic N) is 4. The third-order valence-corrected chi connectivity index (χ3v) is 4.80. The summed E-state index contributed by atoms with van der Waals surface area (Å²) < 4.78 is 7.61. The largest absolute Gasteiger partial charge is 0.466 e. The van der Waals surface area contributed by atoms with Crippen molar-refractivity contribution in [2.75, 3.05) is 0 Å². The Morgan fingerprint density at radius 3 is 2.77 bits per heavy atom. The van der Waals surface area contributed by atoms with Crippen LogP contribution in [0.3, 0.4) is 0 Å². The van der Waals surface area contributed by atoms with E-state index < -0.39 is 0 Å². The van der Waals surface area contributed by atoms with Crippen LogP contribution in [-0.4, -0.2) is 31.7 Å². The first-order valence-electron chi connectivity index (χ1n) is 8.82. The van der Waals surface area contributed by atoms with Crippen LogP contribution in [0.1, 0.15) is 40.5 Å². The van der Waals surface area contributed by atoms with E-state index in [2.05, 4.69) is 25.1 Å². The maximum absolute atomic E-state index is 12.5. The molecule has 0 spiro atoms. The van der Waals surface area contributed by atoms with Crippen molar-refractivity contribution >= 4 is 5.91 Å². The van der Waals surface area contributed by atoms with E-state index in [0.29, 0.717) is 11.3 Å². The number of carbonyl (C=O) groups excluding carboxylic acids is 1. The minimum Gasteiger partial charge on any atom is -0.466 e. The van der Waals surface area contributed by atoms with Gasteiger partial charge in [-0.3, -0.25) is 9.78 Å². The highest BCUT2D eigenvalue weighted by Crippen LogP contribution is 2.22. The fourth-order valence-corrected chi connectivity index (χ4v) is 3.47. The van der Waals surface area contributed by atoms with Gasteiger partial charge < -0.3 is 14.3 Å². The highest BCUT2D eigenvalue weighted by Gasteiger charge is 2.23. The number of hydrogen-bond acceptors (Lipinski definition) is 5. The van der Waals surface area contributed by atoms with Crippen molar-refractivity contribution in [1.29, 1.82) is 0 Å². The number of pyridine rings is 1. The lowest BCUT2D eigenvalue weighted by atomic mass is 10.1. The summed E-state index contributed by atoms with van der Waals surface area (Å²) in [5.41, 5.74) is 1.62. The number of aromatic nitrogens is 4. The van der Waals surface area contributed by atoms with E-state index in [1.54, 1.807) is 18.5 Å². The van der Waals surface area contributed by atoms with Crippen molar-refractivity contribution in [3.8, 4) is 11.4 Å². The lowest BCUT2D eigenvalue weighted by Gasteiger charge is -2.16. The third-order valence-electron chi connectivity index (χ3n) is 4.80. The van der Waals surface area contributed by atoms with Crippen molar-refractivity contribution in [3.63, 3.8) is 0 Å². The molecular formula is C19H21N5O2. The summed E-state index contributed by atoms with van der Waals surface area (Å²) in [5, 5.41) is 11.8. The lowest BCUT2D eigenvalue weighted by molar-refractivity contribution is 0.0931. The molecule has 0 fully saturated rings. The monoisotopic (exact) mass is 351 g/mol. The summed E-state index contributed by atoms with van der Waals surface area (Å²) in [6, 6.07) is 5.76. The Labute approximate surface area is 151 Å². The van der Waals surface area contributed by atoms with Gasteiger partial charge in [0.2, 0.25) is 0 Å². The van der Waals surface area contributed by atoms with Gasteiger partial charge in [-0.2, -0.15) is 0 Å². The van der Waals surface area contributed by atoms with Gasteiger partial charge in [-0.1, -0.05) is 0 Å². The summed E-state index contributed by atoms with van der Waals surface area (Å²) >= 11 is 0. The fourth-order valence-electron chi connectivity index (χ4n) is 3.47. The molecule has 1 amide bonds. The van der Waals surface area contributed by atoms with E-state index in [0.717, 1.165) is 48.8 Å². The van der Waals surface area contributed by atoms with Crippen LogP contribution in [0.4, 0.5) is 0 Å². The first-order valence-corrected chi connectivity index (χ1v) is 8.82. The predicted molar refractivity (Wildman–Crippen MR) is 95.6 cm³/mol. The molecule has 0 aromatic carbocycles. The number of carbonyl (C=O) groups is 1. The fraction of sp³-hybridized carbons (Fsp3) is 0.368. The molecule has 26 heavy (non-hydrogen) atoms. The van der Waals surface area contributed by atoms with Crippen LogP contribution < -0.4 is 5.32 Å². The highest BCUT2D eigenvalue weighted by atomic mass is 16.3. The van der Waals surface area contributed by atoms with E-state index in [-0.39, 0.29) is 11.9 Å².